The van der Waals surface area contributed by atoms with E-state index in [1.807, 2.05) is 24.3 Å². The second-order valence-electron chi connectivity index (χ2n) is 4.18. The fraction of sp³-hybridized carbons (Fsp3) is 0.538. The summed E-state index contributed by atoms with van der Waals surface area (Å²) in [6.45, 7) is 4.49. The van der Waals surface area contributed by atoms with Gasteiger partial charge in [-0.1, -0.05) is 29.8 Å². The van der Waals surface area contributed by atoms with Crippen LogP contribution in [-0.2, 0) is 0 Å². The molecule has 0 fully saturated rings. The maximum atomic E-state index is 8.76. The van der Waals surface area contributed by atoms with Gasteiger partial charge in [-0.15, -0.1) is 0 Å². The molecule has 16 heavy (non-hydrogen) atoms. The van der Waals surface area contributed by atoms with Gasteiger partial charge in [-0.25, -0.2) is 0 Å². The standard InChI is InChI=1S/C13H20ClNO/c1-10(6-5-9-16)15-11(2)12-7-3-4-8-13(12)14/h3-4,7-8,10-11,15-16H,5-6,9H2,1-2H3. The molecular weight excluding hydrogens is 222 g/mol. The number of nitrogens with one attached hydrogen (secondary N) is 1. The molecule has 0 aliphatic rings. The fourth-order valence-electron chi connectivity index (χ4n) is 1.82. The predicted octanol–water partition coefficient (Wildman–Crippen LogP) is 3.15. The lowest BCUT2D eigenvalue weighted by atomic mass is 10.1. The first-order chi connectivity index (χ1) is 7.65. The molecule has 0 aromatic heterocycles. The largest absolute Gasteiger partial charge is 0.396 e. The molecule has 0 heterocycles. The number of benzene rings is 1. The Bertz CT molecular complexity index is 317. The molecule has 3 heteroatoms. The van der Waals surface area contributed by atoms with Gasteiger partial charge in [0, 0.05) is 23.7 Å². The SMILES string of the molecule is CC(CCCO)NC(C)c1ccccc1Cl. The van der Waals surface area contributed by atoms with Crippen molar-refractivity contribution in [3.05, 3.63) is 34.9 Å². The molecule has 1 aromatic carbocycles. The fourth-order valence-corrected chi connectivity index (χ4v) is 2.12. The Balaban J connectivity index is 2.52. The lowest BCUT2D eigenvalue weighted by molar-refractivity contribution is 0.274. The van der Waals surface area contributed by atoms with Crippen LogP contribution in [0.4, 0.5) is 0 Å². The van der Waals surface area contributed by atoms with Crippen molar-refractivity contribution in [2.75, 3.05) is 6.61 Å². The molecule has 0 saturated heterocycles. The molecule has 2 N–H and O–H groups in total. The number of hydrogen-bond acceptors (Lipinski definition) is 2. The first-order valence-corrected chi connectivity index (χ1v) is 6.14. The van der Waals surface area contributed by atoms with Crippen LogP contribution in [0.25, 0.3) is 0 Å². The van der Waals surface area contributed by atoms with Crippen LogP contribution in [0.15, 0.2) is 24.3 Å². The van der Waals surface area contributed by atoms with Crippen LogP contribution in [0.3, 0.4) is 0 Å². The molecule has 1 aromatic rings. The molecule has 0 spiro atoms. The first kappa shape index (κ1) is 13.5. The molecule has 0 aliphatic heterocycles. The normalized spacial score (nSPS) is 14.8. The van der Waals surface area contributed by atoms with E-state index in [9.17, 15) is 0 Å². The Morgan fingerprint density at radius 2 is 2.00 bits per heavy atom. The molecule has 0 saturated carbocycles. The molecule has 2 unspecified atom stereocenters. The van der Waals surface area contributed by atoms with Crippen molar-refractivity contribution in [1.29, 1.82) is 0 Å². The lowest BCUT2D eigenvalue weighted by Gasteiger charge is -2.21. The predicted molar refractivity (Wildman–Crippen MR) is 68.8 cm³/mol. The van der Waals surface area contributed by atoms with Crippen LogP contribution in [0, 0.1) is 0 Å². The van der Waals surface area contributed by atoms with Crippen molar-refractivity contribution in [3.63, 3.8) is 0 Å². The summed E-state index contributed by atoms with van der Waals surface area (Å²) in [7, 11) is 0. The Morgan fingerprint density at radius 1 is 1.31 bits per heavy atom. The van der Waals surface area contributed by atoms with Crippen LogP contribution >= 0.6 is 11.6 Å². The average molecular weight is 242 g/mol. The highest BCUT2D eigenvalue weighted by atomic mass is 35.5. The summed E-state index contributed by atoms with van der Waals surface area (Å²) in [4.78, 5) is 0. The van der Waals surface area contributed by atoms with Crippen LogP contribution < -0.4 is 5.32 Å². The second kappa shape index (κ2) is 6.89. The van der Waals surface area contributed by atoms with E-state index >= 15 is 0 Å². The third-order valence-corrected chi connectivity index (χ3v) is 3.05. The Morgan fingerprint density at radius 3 is 2.62 bits per heavy atom. The summed E-state index contributed by atoms with van der Waals surface area (Å²) in [5.41, 5.74) is 1.13. The van der Waals surface area contributed by atoms with Crippen molar-refractivity contribution in [1.82, 2.24) is 5.32 Å². The topological polar surface area (TPSA) is 32.3 Å². The van der Waals surface area contributed by atoms with Crippen LogP contribution in [0.1, 0.15) is 38.3 Å². The van der Waals surface area contributed by atoms with Gasteiger partial charge in [0.2, 0.25) is 0 Å². The van der Waals surface area contributed by atoms with Crippen molar-refractivity contribution >= 4 is 11.6 Å². The molecule has 0 aliphatic carbocycles. The van der Waals surface area contributed by atoms with Crippen molar-refractivity contribution in [2.24, 2.45) is 0 Å². The van der Waals surface area contributed by atoms with E-state index in [1.54, 1.807) is 0 Å². The van der Waals surface area contributed by atoms with E-state index in [0.717, 1.165) is 23.4 Å². The minimum atomic E-state index is 0.238. The molecule has 2 nitrogen and oxygen atoms in total. The maximum Gasteiger partial charge on any atom is 0.0453 e. The Kier molecular flexibility index (Phi) is 5.81. The Hall–Kier alpha value is -0.570. The zero-order valence-electron chi connectivity index (χ0n) is 9.91. The van der Waals surface area contributed by atoms with Crippen molar-refractivity contribution in [3.8, 4) is 0 Å². The van der Waals surface area contributed by atoms with E-state index in [0.29, 0.717) is 6.04 Å². The highest BCUT2D eigenvalue weighted by molar-refractivity contribution is 6.31. The summed E-state index contributed by atoms with van der Waals surface area (Å²) in [6, 6.07) is 8.51. The minimum Gasteiger partial charge on any atom is -0.396 e. The maximum absolute atomic E-state index is 8.76. The monoisotopic (exact) mass is 241 g/mol. The minimum absolute atomic E-state index is 0.238. The van der Waals surface area contributed by atoms with Gasteiger partial charge in [0.25, 0.3) is 0 Å². The van der Waals surface area contributed by atoms with Gasteiger partial charge in [-0.2, -0.15) is 0 Å². The van der Waals surface area contributed by atoms with Crippen molar-refractivity contribution < 1.29 is 5.11 Å². The van der Waals surface area contributed by atoms with Gasteiger partial charge < -0.3 is 10.4 Å². The highest BCUT2D eigenvalue weighted by Gasteiger charge is 2.11. The molecule has 0 amide bonds. The van der Waals surface area contributed by atoms with Crippen LogP contribution in [-0.4, -0.2) is 17.8 Å². The van der Waals surface area contributed by atoms with E-state index in [4.69, 9.17) is 16.7 Å². The van der Waals surface area contributed by atoms with Crippen molar-refractivity contribution in [2.45, 2.75) is 38.8 Å². The molecule has 0 bridgehead atoms. The highest BCUT2D eigenvalue weighted by Crippen LogP contribution is 2.22. The zero-order valence-corrected chi connectivity index (χ0v) is 10.7. The summed E-state index contributed by atoms with van der Waals surface area (Å²) < 4.78 is 0. The quantitative estimate of drug-likeness (QED) is 0.802. The zero-order chi connectivity index (χ0) is 12.0. The van der Waals surface area contributed by atoms with Gasteiger partial charge >= 0.3 is 0 Å². The van der Waals surface area contributed by atoms with Gasteiger partial charge in [0.05, 0.1) is 0 Å². The number of halogens is 1. The first-order valence-electron chi connectivity index (χ1n) is 5.76. The summed E-state index contributed by atoms with van der Waals surface area (Å²) in [5.74, 6) is 0. The third-order valence-electron chi connectivity index (χ3n) is 2.70. The van der Waals surface area contributed by atoms with E-state index in [-0.39, 0.29) is 12.6 Å². The average Bonchev–Trinajstić information content (AvgIpc) is 2.26. The van der Waals surface area contributed by atoms with Gasteiger partial charge in [0.1, 0.15) is 0 Å². The Labute approximate surface area is 103 Å². The molecule has 1 rings (SSSR count). The summed E-state index contributed by atoms with van der Waals surface area (Å²) in [5, 5.41) is 13.0. The summed E-state index contributed by atoms with van der Waals surface area (Å²) >= 11 is 6.13. The third kappa shape index (κ3) is 4.12. The lowest BCUT2D eigenvalue weighted by Crippen LogP contribution is -2.29. The smallest absolute Gasteiger partial charge is 0.0453 e. The van der Waals surface area contributed by atoms with Gasteiger partial charge in [-0.05, 0) is 38.3 Å². The molecule has 90 valence electrons. The molecule has 0 radical (unpaired) electrons. The molecule has 2 atom stereocenters. The summed E-state index contributed by atoms with van der Waals surface area (Å²) in [6.07, 6.45) is 1.81. The number of hydrogen-bond donors (Lipinski definition) is 2. The van der Waals surface area contributed by atoms with Crippen LogP contribution in [0.2, 0.25) is 5.02 Å². The second-order valence-corrected chi connectivity index (χ2v) is 4.58. The number of rotatable bonds is 6. The van der Waals surface area contributed by atoms with Crippen LogP contribution in [0.5, 0.6) is 0 Å². The van der Waals surface area contributed by atoms with Gasteiger partial charge in [0.15, 0.2) is 0 Å². The number of aliphatic hydroxyl groups excluding tert-OH is 1. The van der Waals surface area contributed by atoms with E-state index in [2.05, 4.69) is 19.2 Å². The molecular formula is C13H20ClNO. The van der Waals surface area contributed by atoms with E-state index in [1.165, 1.54) is 0 Å². The van der Waals surface area contributed by atoms with E-state index < -0.39 is 0 Å². The van der Waals surface area contributed by atoms with Gasteiger partial charge in [-0.3, -0.25) is 0 Å². The number of aliphatic hydroxyl groups is 1.